The van der Waals surface area contributed by atoms with Crippen LogP contribution in [0.15, 0.2) is 33.6 Å². The highest BCUT2D eigenvalue weighted by molar-refractivity contribution is 5.94. The standard InChI is InChI=1S/C19H22N4O4/c1-5-15(17(24)21-13-7-9-14(10-8-13)26-6-2)23-12(4)20-18-16(19(23)25)11(3)22-27-18/h7-10,15H,5-6H2,1-4H3,(H,21,24)/t15-/m0/s1. The SMILES string of the molecule is CCOc1ccc(NC(=O)[C@H](CC)n2c(C)nc3onc(C)c3c2=O)cc1. The Kier molecular flexibility index (Phi) is 5.25. The Morgan fingerprint density at radius 1 is 1.26 bits per heavy atom. The van der Waals surface area contributed by atoms with Crippen molar-refractivity contribution in [2.75, 3.05) is 11.9 Å². The van der Waals surface area contributed by atoms with Gasteiger partial charge >= 0.3 is 0 Å². The largest absolute Gasteiger partial charge is 0.494 e. The molecule has 8 heteroatoms. The van der Waals surface area contributed by atoms with Crippen molar-refractivity contribution in [3.05, 3.63) is 46.1 Å². The average molecular weight is 370 g/mol. The average Bonchev–Trinajstić information content (AvgIpc) is 3.01. The summed E-state index contributed by atoms with van der Waals surface area (Å²) >= 11 is 0. The molecule has 0 aliphatic carbocycles. The minimum absolute atomic E-state index is 0.188. The Labute approximate surface area is 156 Å². The number of carbonyl (C=O) groups is 1. The first-order chi connectivity index (χ1) is 13.0. The molecule has 1 atom stereocenters. The molecule has 1 N–H and O–H groups in total. The van der Waals surface area contributed by atoms with Gasteiger partial charge in [-0.1, -0.05) is 12.1 Å². The fourth-order valence-electron chi connectivity index (χ4n) is 3.03. The lowest BCUT2D eigenvalue weighted by atomic mass is 10.1. The summed E-state index contributed by atoms with van der Waals surface area (Å²) in [6.07, 6.45) is 0.432. The molecule has 1 aromatic carbocycles. The number of anilines is 1. The number of rotatable bonds is 6. The Balaban J connectivity index is 1.92. The van der Waals surface area contributed by atoms with Crippen molar-refractivity contribution in [3.63, 3.8) is 0 Å². The van der Waals surface area contributed by atoms with Gasteiger partial charge in [-0.15, -0.1) is 0 Å². The molecule has 0 bridgehead atoms. The van der Waals surface area contributed by atoms with Crippen molar-refractivity contribution < 1.29 is 14.1 Å². The molecule has 27 heavy (non-hydrogen) atoms. The second kappa shape index (κ2) is 7.61. The molecule has 2 aromatic heterocycles. The topological polar surface area (TPSA) is 99.2 Å². The van der Waals surface area contributed by atoms with Gasteiger partial charge in [-0.05, 0) is 51.5 Å². The highest BCUT2D eigenvalue weighted by Gasteiger charge is 2.25. The van der Waals surface area contributed by atoms with E-state index in [2.05, 4.69) is 15.5 Å². The molecular formula is C19H22N4O4. The van der Waals surface area contributed by atoms with Crippen LogP contribution in [0.5, 0.6) is 5.75 Å². The number of nitrogens with zero attached hydrogens (tertiary/aromatic N) is 3. The van der Waals surface area contributed by atoms with Crippen LogP contribution in [-0.4, -0.2) is 27.2 Å². The van der Waals surface area contributed by atoms with Crippen molar-refractivity contribution >= 4 is 22.7 Å². The van der Waals surface area contributed by atoms with E-state index in [0.29, 0.717) is 35.6 Å². The van der Waals surface area contributed by atoms with Gasteiger partial charge in [0.05, 0.1) is 12.3 Å². The summed E-state index contributed by atoms with van der Waals surface area (Å²) in [5.74, 6) is 0.839. The van der Waals surface area contributed by atoms with E-state index in [1.807, 2.05) is 13.8 Å². The number of amides is 1. The van der Waals surface area contributed by atoms with Crippen LogP contribution in [0.3, 0.4) is 0 Å². The Bertz CT molecular complexity index is 1020. The summed E-state index contributed by atoms with van der Waals surface area (Å²) in [5.41, 5.74) is 0.943. The van der Waals surface area contributed by atoms with Crippen LogP contribution in [0.25, 0.3) is 11.1 Å². The summed E-state index contributed by atoms with van der Waals surface area (Å²) < 4.78 is 11.9. The third-order valence-electron chi connectivity index (χ3n) is 4.32. The van der Waals surface area contributed by atoms with Crippen molar-refractivity contribution in [2.24, 2.45) is 0 Å². The quantitative estimate of drug-likeness (QED) is 0.716. The van der Waals surface area contributed by atoms with Crippen molar-refractivity contribution in [3.8, 4) is 5.75 Å². The molecule has 0 unspecified atom stereocenters. The predicted octanol–water partition coefficient (Wildman–Crippen LogP) is 2.99. The van der Waals surface area contributed by atoms with E-state index in [1.54, 1.807) is 38.1 Å². The number of benzene rings is 1. The first-order valence-corrected chi connectivity index (χ1v) is 8.85. The van der Waals surface area contributed by atoms with E-state index >= 15 is 0 Å². The van der Waals surface area contributed by atoms with Gasteiger partial charge in [0.2, 0.25) is 5.91 Å². The second-order valence-electron chi connectivity index (χ2n) is 6.15. The van der Waals surface area contributed by atoms with Crippen LogP contribution in [0, 0.1) is 13.8 Å². The van der Waals surface area contributed by atoms with Gasteiger partial charge in [-0.2, -0.15) is 4.98 Å². The van der Waals surface area contributed by atoms with Crippen molar-refractivity contribution in [1.82, 2.24) is 14.7 Å². The minimum Gasteiger partial charge on any atom is -0.494 e. The van der Waals surface area contributed by atoms with Gasteiger partial charge < -0.3 is 14.6 Å². The number of carbonyl (C=O) groups excluding carboxylic acids is 1. The van der Waals surface area contributed by atoms with Crippen LogP contribution < -0.4 is 15.6 Å². The maximum absolute atomic E-state index is 12.9. The first kappa shape index (κ1) is 18.6. The van der Waals surface area contributed by atoms with Crippen molar-refractivity contribution in [2.45, 2.75) is 40.2 Å². The van der Waals surface area contributed by atoms with Crippen LogP contribution in [0.2, 0.25) is 0 Å². The van der Waals surface area contributed by atoms with E-state index in [9.17, 15) is 9.59 Å². The number of aromatic nitrogens is 3. The lowest BCUT2D eigenvalue weighted by molar-refractivity contribution is -0.119. The third kappa shape index (κ3) is 3.55. The van der Waals surface area contributed by atoms with E-state index in [4.69, 9.17) is 9.26 Å². The second-order valence-corrected chi connectivity index (χ2v) is 6.15. The molecular weight excluding hydrogens is 348 g/mol. The fraction of sp³-hybridized carbons (Fsp3) is 0.368. The summed E-state index contributed by atoms with van der Waals surface area (Å²) in [6.45, 7) is 7.67. The minimum atomic E-state index is -0.699. The molecule has 0 fully saturated rings. The Morgan fingerprint density at radius 3 is 2.59 bits per heavy atom. The normalized spacial score (nSPS) is 12.1. The number of aryl methyl sites for hydroxylation is 2. The van der Waals surface area contributed by atoms with E-state index < -0.39 is 6.04 Å². The van der Waals surface area contributed by atoms with E-state index in [0.717, 1.165) is 5.75 Å². The zero-order valence-electron chi connectivity index (χ0n) is 15.8. The molecule has 3 aromatic rings. The van der Waals surface area contributed by atoms with Crippen LogP contribution in [0.4, 0.5) is 5.69 Å². The zero-order chi connectivity index (χ0) is 19.6. The molecule has 3 rings (SSSR count). The maximum Gasteiger partial charge on any atom is 0.267 e. The lowest BCUT2D eigenvalue weighted by Gasteiger charge is -2.19. The maximum atomic E-state index is 12.9. The molecule has 0 aliphatic rings. The predicted molar refractivity (Wildman–Crippen MR) is 101 cm³/mol. The zero-order valence-corrected chi connectivity index (χ0v) is 15.8. The highest BCUT2D eigenvalue weighted by atomic mass is 16.5. The fourth-order valence-corrected chi connectivity index (χ4v) is 3.03. The third-order valence-corrected chi connectivity index (χ3v) is 4.32. The number of ether oxygens (including phenoxy) is 1. The Hall–Kier alpha value is -3.16. The van der Waals surface area contributed by atoms with Gasteiger partial charge in [0, 0.05) is 5.69 Å². The molecule has 142 valence electrons. The molecule has 0 spiro atoms. The van der Waals surface area contributed by atoms with Crippen LogP contribution in [-0.2, 0) is 4.79 Å². The monoisotopic (exact) mass is 370 g/mol. The number of hydrogen-bond acceptors (Lipinski definition) is 6. The van der Waals surface area contributed by atoms with Gasteiger partial charge in [0.15, 0.2) is 0 Å². The summed E-state index contributed by atoms with van der Waals surface area (Å²) in [7, 11) is 0. The molecule has 1 amide bonds. The molecule has 0 saturated heterocycles. The van der Waals surface area contributed by atoms with Crippen LogP contribution >= 0.6 is 0 Å². The molecule has 2 heterocycles. The van der Waals surface area contributed by atoms with E-state index in [1.165, 1.54) is 4.57 Å². The lowest BCUT2D eigenvalue weighted by Crippen LogP contribution is -2.35. The smallest absolute Gasteiger partial charge is 0.267 e. The number of nitrogens with one attached hydrogen (secondary N) is 1. The molecule has 8 nitrogen and oxygen atoms in total. The summed E-state index contributed by atoms with van der Waals surface area (Å²) in [6, 6.07) is 6.39. The van der Waals surface area contributed by atoms with Crippen LogP contribution in [0.1, 0.15) is 37.8 Å². The van der Waals surface area contributed by atoms with Gasteiger partial charge in [0.25, 0.3) is 11.3 Å². The Morgan fingerprint density at radius 2 is 1.96 bits per heavy atom. The van der Waals surface area contributed by atoms with Gasteiger partial charge in [-0.25, -0.2) is 0 Å². The van der Waals surface area contributed by atoms with E-state index in [-0.39, 0.29) is 17.2 Å². The first-order valence-electron chi connectivity index (χ1n) is 8.85. The molecule has 0 saturated carbocycles. The number of fused-ring (bicyclic) bond motifs is 1. The molecule has 0 radical (unpaired) electrons. The van der Waals surface area contributed by atoms with Gasteiger partial charge in [0.1, 0.15) is 23.0 Å². The van der Waals surface area contributed by atoms with Gasteiger partial charge in [-0.3, -0.25) is 14.2 Å². The number of hydrogen-bond donors (Lipinski definition) is 1. The summed E-state index contributed by atoms with van der Waals surface area (Å²) in [5, 5.41) is 6.95. The highest BCUT2D eigenvalue weighted by Crippen LogP contribution is 2.20. The molecule has 0 aliphatic heterocycles. The van der Waals surface area contributed by atoms with Crippen molar-refractivity contribution in [1.29, 1.82) is 0 Å². The summed E-state index contributed by atoms with van der Waals surface area (Å²) in [4.78, 5) is 30.1.